The highest BCUT2D eigenvalue weighted by atomic mass is 16.6. The van der Waals surface area contributed by atoms with Gasteiger partial charge in [-0.3, -0.25) is 0 Å². The molecule has 1 aliphatic heterocycles. The number of rotatable bonds is 1. The number of hydrogen-bond donors (Lipinski definition) is 2. The number of aliphatic hydroxyl groups is 2. The second-order valence-corrected chi connectivity index (χ2v) is 5.28. The molecule has 4 nitrogen and oxygen atoms in total. The van der Waals surface area contributed by atoms with Crippen LogP contribution in [0.1, 0.15) is 26.2 Å². The normalized spacial score (nSPS) is 37.7. The van der Waals surface area contributed by atoms with E-state index in [2.05, 4.69) is 12.7 Å². The highest BCUT2D eigenvalue weighted by Crippen LogP contribution is 2.35. The van der Waals surface area contributed by atoms with E-state index in [0.717, 1.165) is 17.6 Å². The third-order valence-corrected chi connectivity index (χ3v) is 3.81. The fourth-order valence-corrected chi connectivity index (χ4v) is 2.73. The second-order valence-electron chi connectivity index (χ2n) is 5.28. The van der Waals surface area contributed by atoms with Crippen LogP contribution in [0.3, 0.4) is 0 Å². The van der Waals surface area contributed by atoms with Crippen molar-refractivity contribution in [1.29, 1.82) is 0 Å². The van der Waals surface area contributed by atoms with Gasteiger partial charge in [0.25, 0.3) is 0 Å². The smallest absolute Gasteiger partial charge is 0.334 e. The zero-order valence-electron chi connectivity index (χ0n) is 11.1. The summed E-state index contributed by atoms with van der Waals surface area (Å²) in [5.41, 5.74) is 2.23. The monoisotopic (exact) mass is 264 g/mol. The topological polar surface area (TPSA) is 66.8 Å². The summed E-state index contributed by atoms with van der Waals surface area (Å²) >= 11 is 0. The van der Waals surface area contributed by atoms with Crippen LogP contribution < -0.4 is 0 Å². The van der Waals surface area contributed by atoms with Gasteiger partial charge in [-0.25, -0.2) is 4.79 Å². The number of carbonyl (C=O) groups excluding carboxylic acids is 1. The van der Waals surface area contributed by atoms with E-state index in [1.54, 1.807) is 0 Å². The van der Waals surface area contributed by atoms with Crippen LogP contribution in [0.4, 0.5) is 0 Å². The lowest BCUT2D eigenvalue weighted by Gasteiger charge is -2.24. The predicted octanol–water partition coefficient (Wildman–Crippen LogP) is 1.49. The van der Waals surface area contributed by atoms with E-state index in [0.29, 0.717) is 18.4 Å². The first kappa shape index (κ1) is 14.0. The lowest BCUT2D eigenvalue weighted by Crippen LogP contribution is -2.30. The molecule has 1 heterocycles. The predicted molar refractivity (Wildman–Crippen MR) is 71.3 cm³/mol. The first-order chi connectivity index (χ1) is 9.02. The summed E-state index contributed by atoms with van der Waals surface area (Å²) in [6.07, 6.45) is 4.58. The minimum absolute atomic E-state index is 0.0807. The molecule has 2 N–H and O–H groups in total. The molecule has 4 heteroatoms. The molecular formula is C15H20O4. The number of fused-ring (bicyclic) bond motifs is 1. The van der Waals surface area contributed by atoms with Gasteiger partial charge in [0.1, 0.15) is 6.10 Å². The van der Waals surface area contributed by atoms with Crippen molar-refractivity contribution >= 4 is 5.97 Å². The van der Waals surface area contributed by atoms with E-state index < -0.39 is 12.1 Å². The minimum atomic E-state index is -0.742. The maximum atomic E-state index is 11.6. The summed E-state index contributed by atoms with van der Waals surface area (Å²) in [5, 5.41) is 19.6. The van der Waals surface area contributed by atoms with Crippen molar-refractivity contribution in [2.75, 3.05) is 6.61 Å². The van der Waals surface area contributed by atoms with E-state index in [1.807, 2.05) is 13.0 Å². The fourth-order valence-electron chi connectivity index (χ4n) is 2.73. The van der Waals surface area contributed by atoms with Gasteiger partial charge in [-0.15, -0.1) is 0 Å². The van der Waals surface area contributed by atoms with E-state index in [1.165, 1.54) is 0 Å². The molecular weight excluding hydrogens is 244 g/mol. The Bertz CT molecular complexity index is 447. The van der Waals surface area contributed by atoms with Crippen LogP contribution >= 0.6 is 0 Å². The van der Waals surface area contributed by atoms with Gasteiger partial charge < -0.3 is 14.9 Å². The van der Waals surface area contributed by atoms with Crippen molar-refractivity contribution in [1.82, 2.24) is 0 Å². The number of aliphatic hydroxyl groups excluding tert-OH is 2. The highest BCUT2D eigenvalue weighted by molar-refractivity contribution is 5.91. The zero-order chi connectivity index (χ0) is 14.0. The standard InChI is InChI=1S/C15H20O4/c1-9-4-3-5-11(8-16)7-12(17)14-10(2)15(18)19-13(14)6-9/h4-5,12-14,16-17H,2-3,6-8H2,1H3/b9-4+,11-5+/t12-,13+,14+/m1/s1. The summed E-state index contributed by atoms with van der Waals surface area (Å²) in [6.45, 7) is 5.63. The molecule has 19 heavy (non-hydrogen) atoms. The molecule has 0 radical (unpaired) electrons. The average Bonchev–Trinajstić information content (AvgIpc) is 2.63. The van der Waals surface area contributed by atoms with Crippen LogP contribution in [0.2, 0.25) is 0 Å². The van der Waals surface area contributed by atoms with Crippen molar-refractivity contribution < 1.29 is 19.7 Å². The third kappa shape index (κ3) is 2.96. The number of carbonyl (C=O) groups is 1. The molecule has 0 unspecified atom stereocenters. The average molecular weight is 264 g/mol. The Kier molecular flexibility index (Phi) is 4.22. The van der Waals surface area contributed by atoms with Crippen molar-refractivity contribution in [3.63, 3.8) is 0 Å². The van der Waals surface area contributed by atoms with Crippen LogP contribution in [0.15, 0.2) is 35.5 Å². The van der Waals surface area contributed by atoms with Crippen LogP contribution in [-0.2, 0) is 9.53 Å². The van der Waals surface area contributed by atoms with Gasteiger partial charge in [-0.1, -0.05) is 24.3 Å². The summed E-state index contributed by atoms with van der Waals surface area (Å²) in [5.74, 6) is -0.806. The highest BCUT2D eigenvalue weighted by Gasteiger charge is 2.42. The van der Waals surface area contributed by atoms with E-state index in [-0.39, 0.29) is 18.6 Å². The Hall–Kier alpha value is -1.39. The van der Waals surface area contributed by atoms with Gasteiger partial charge in [0.05, 0.1) is 18.6 Å². The SMILES string of the molecule is C=C1C(=O)O[C@H]2C/C(C)=C/C/C=C(/CO)C[C@@H](O)[C@H]12. The van der Waals surface area contributed by atoms with Crippen molar-refractivity contribution in [3.8, 4) is 0 Å². The summed E-state index contributed by atoms with van der Waals surface area (Å²) < 4.78 is 5.30. The van der Waals surface area contributed by atoms with Crippen LogP contribution in [0.5, 0.6) is 0 Å². The Labute approximate surface area is 113 Å². The maximum absolute atomic E-state index is 11.6. The molecule has 2 rings (SSSR count). The molecule has 0 aromatic carbocycles. The van der Waals surface area contributed by atoms with E-state index >= 15 is 0 Å². The molecule has 3 atom stereocenters. The zero-order valence-corrected chi connectivity index (χ0v) is 11.1. The molecule has 2 aliphatic rings. The van der Waals surface area contributed by atoms with Crippen LogP contribution in [0.25, 0.3) is 0 Å². The molecule has 0 bridgehead atoms. The summed E-state index contributed by atoms with van der Waals surface area (Å²) in [7, 11) is 0. The molecule has 0 spiro atoms. The van der Waals surface area contributed by atoms with Crippen molar-refractivity contribution in [2.45, 2.75) is 38.4 Å². The molecule has 104 valence electrons. The third-order valence-electron chi connectivity index (χ3n) is 3.81. The molecule has 1 fully saturated rings. The van der Waals surface area contributed by atoms with Crippen LogP contribution in [-0.4, -0.2) is 35.0 Å². The lowest BCUT2D eigenvalue weighted by atomic mass is 9.84. The van der Waals surface area contributed by atoms with Gasteiger partial charge in [0, 0.05) is 12.0 Å². The molecule has 0 amide bonds. The second kappa shape index (κ2) is 5.72. The quantitative estimate of drug-likeness (QED) is 0.428. The van der Waals surface area contributed by atoms with Crippen LogP contribution in [0, 0.1) is 5.92 Å². The van der Waals surface area contributed by atoms with Crippen molar-refractivity contribution in [3.05, 3.63) is 35.5 Å². The molecule has 1 aliphatic carbocycles. The summed E-state index contributed by atoms with van der Waals surface area (Å²) in [6, 6.07) is 0. The van der Waals surface area contributed by atoms with Crippen molar-refractivity contribution in [2.24, 2.45) is 5.92 Å². The first-order valence-electron chi connectivity index (χ1n) is 6.55. The number of allylic oxidation sites excluding steroid dienone is 2. The number of hydrogen-bond acceptors (Lipinski definition) is 4. The Balaban J connectivity index is 2.30. The van der Waals surface area contributed by atoms with Gasteiger partial charge in [-0.2, -0.15) is 0 Å². The molecule has 1 saturated heterocycles. The molecule has 0 saturated carbocycles. The van der Waals surface area contributed by atoms with Gasteiger partial charge in [0.2, 0.25) is 0 Å². The van der Waals surface area contributed by atoms with E-state index in [9.17, 15) is 15.0 Å². The number of ether oxygens (including phenoxy) is 1. The van der Waals surface area contributed by atoms with Gasteiger partial charge >= 0.3 is 5.97 Å². The van der Waals surface area contributed by atoms with Gasteiger partial charge in [-0.05, 0) is 25.3 Å². The van der Waals surface area contributed by atoms with E-state index in [4.69, 9.17) is 4.74 Å². The summed E-state index contributed by atoms with van der Waals surface area (Å²) in [4.78, 5) is 11.6. The van der Waals surface area contributed by atoms with Gasteiger partial charge in [0.15, 0.2) is 0 Å². The molecule has 0 aromatic heterocycles. The fraction of sp³-hybridized carbons (Fsp3) is 0.533. The Morgan fingerprint density at radius 3 is 2.84 bits per heavy atom. The lowest BCUT2D eigenvalue weighted by molar-refractivity contribution is -0.139. The Morgan fingerprint density at radius 2 is 2.16 bits per heavy atom. The first-order valence-corrected chi connectivity index (χ1v) is 6.55. The minimum Gasteiger partial charge on any atom is -0.458 e. The Morgan fingerprint density at radius 1 is 1.42 bits per heavy atom. The largest absolute Gasteiger partial charge is 0.458 e. The number of esters is 1. The maximum Gasteiger partial charge on any atom is 0.334 e. The molecule has 0 aromatic rings.